The van der Waals surface area contributed by atoms with Crippen molar-refractivity contribution in [2.24, 2.45) is 0 Å². The number of hydrogen-bond donors (Lipinski definition) is 0. The summed E-state index contributed by atoms with van der Waals surface area (Å²) in [5.74, 6) is 0. The van der Waals surface area contributed by atoms with E-state index in [9.17, 15) is 5.48 Å². The average Bonchev–Trinajstić information content (AvgIpc) is 3.77. The summed E-state index contributed by atoms with van der Waals surface area (Å²) in [5, 5.41) is 4.16. The van der Waals surface area contributed by atoms with Gasteiger partial charge in [-0.1, -0.05) is 127 Å². The summed E-state index contributed by atoms with van der Waals surface area (Å²) in [7, 11) is 0. The minimum absolute atomic E-state index is 0.152. The average molecular weight is 595 g/mol. The highest BCUT2D eigenvalue weighted by Crippen LogP contribution is 2.46. The Labute approximate surface area is 276 Å². The number of furan rings is 2. The van der Waals surface area contributed by atoms with Gasteiger partial charge in [-0.25, -0.2) is 0 Å². The van der Waals surface area contributed by atoms with Crippen LogP contribution in [0.4, 0.5) is 0 Å². The van der Waals surface area contributed by atoms with Crippen LogP contribution in [-0.4, -0.2) is 0 Å². The van der Waals surface area contributed by atoms with Crippen molar-refractivity contribution in [3.8, 4) is 33.4 Å². The normalized spacial score (nSPS) is 14.3. The first-order valence-corrected chi connectivity index (χ1v) is 15.0. The van der Waals surface area contributed by atoms with E-state index in [-0.39, 0.29) is 51.3 Å². The van der Waals surface area contributed by atoms with Crippen molar-refractivity contribution in [3.05, 3.63) is 158 Å². The standard InChI is InChI=1S/C44H26O2/c1-2-10-27(11-3-1)28-18-20-29(21-19-28)41-31-12-4-6-14-33(31)42(34-15-7-5-13-32(34)41)30-22-23-36-40(26-30)46-39-25-24-38-43(44(36)39)35-16-8-9-17-37(35)45-38/h1-26H/i4D,5D,6D,7D,12D,13D,14D,15D. The topological polar surface area (TPSA) is 26.3 Å². The number of benzene rings is 8. The molecule has 0 N–H and O–H groups in total. The minimum Gasteiger partial charge on any atom is -0.456 e. The van der Waals surface area contributed by atoms with E-state index in [4.69, 9.17) is 14.3 Å². The molecule has 0 atom stereocenters. The molecule has 46 heavy (non-hydrogen) atoms. The van der Waals surface area contributed by atoms with Crippen molar-refractivity contribution in [1.82, 2.24) is 0 Å². The van der Waals surface area contributed by atoms with E-state index >= 15 is 0 Å². The van der Waals surface area contributed by atoms with Gasteiger partial charge in [0.05, 0.1) is 11.0 Å². The van der Waals surface area contributed by atoms with Crippen molar-refractivity contribution >= 4 is 65.4 Å². The van der Waals surface area contributed by atoms with Crippen molar-refractivity contribution < 1.29 is 19.8 Å². The zero-order valence-corrected chi connectivity index (χ0v) is 24.2. The molecule has 0 saturated carbocycles. The zero-order valence-electron chi connectivity index (χ0n) is 32.2. The van der Waals surface area contributed by atoms with E-state index in [2.05, 4.69) is 0 Å². The van der Waals surface area contributed by atoms with E-state index in [1.807, 2.05) is 103 Å². The largest absolute Gasteiger partial charge is 0.456 e. The highest BCUT2D eigenvalue weighted by molar-refractivity contribution is 6.27. The molecule has 0 amide bonds. The second-order valence-electron chi connectivity index (χ2n) is 11.4. The first kappa shape index (κ1) is 18.6. The molecule has 8 aromatic carbocycles. The SMILES string of the molecule is [2H]c1c([2H])c([2H])c2c(-c3ccc4c(c3)oc3ccc5oc6ccccc6c5c34)c3c([2H])c([2H])c([2H])c([2H])c3c(-c3ccc(-c4ccccc4)cc3)c2c1[2H]. The van der Waals surface area contributed by atoms with Gasteiger partial charge in [0, 0.05) is 21.5 Å². The number of rotatable bonds is 3. The second-order valence-corrected chi connectivity index (χ2v) is 11.4. The molecule has 0 fully saturated rings. The van der Waals surface area contributed by atoms with E-state index in [0.29, 0.717) is 33.4 Å². The van der Waals surface area contributed by atoms with Crippen LogP contribution in [0.5, 0.6) is 0 Å². The summed E-state index contributed by atoms with van der Waals surface area (Å²) in [6.45, 7) is 0. The maximum atomic E-state index is 9.30. The van der Waals surface area contributed by atoms with Crippen LogP contribution in [0, 0.1) is 0 Å². The second kappa shape index (κ2) is 9.69. The Hall–Kier alpha value is -6.12. The highest BCUT2D eigenvalue weighted by atomic mass is 16.3. The third-order valence-electron chi connectivity index (χ3n) is 8.92. The third kappa shape index (κ3) is 3.65. The van der Waals surface area contributed by atoms with Crippen molar-refractivity contribution in [2.75, 3.05) is 0 Å². The molecule has 0 saturated heterocycles. The third-order valence-corrected chi connectivity index (χ3v) is 8.92. The molecule has 214 valence electrons. The summed E-state index contributed by atoms with van der Waals surface area (Å²) < 4.78 is 84.7. The van der Waals surface area contributed by atoms with Crippen LogP contribution in [0.1, 0.15) is 11.0 Å². The Morgan fingerprint density at radius 3 is 1.48 bits per heavy atom. The van der Waals surface area contributed by atoms with Crippen molar-refractivity contribution in [2.45, 2.75) is 0 Å². The van der Waals surface area contributed by atoms with Gasteiger partial charge < -0.3 is 8.83 Å². The van der Waals surface area contributed by atoms with Gasteiger partial charge in [-0.2, -0.15) is 0 Å². The van der Waals surface area contributed by atoms with Gasteiger partial charge in [0.25, 0.3) is 0 Å². The maximum Gasteiger partial charge on any atom is 0.136 e. The quantitative estimate of drug-likeness (QED) is 0.190. The van der Waals surface area contributed by atoms with Crippen LogP contribution in [0.25, 0.3) is 98.8 Å². The first-order valence-electron chi connectivity index (χ1n) is 19.0. The number of hydrogen-bond acceptors (Lipinski definition) is 2. The van der Waals surface area contributed by atoms with Gasteiger partial charge in [0.2, 0.25) is 0 Å². The van der Waals surface area contributed by atoms with Crippen molar-refractivity contribution in [3.63, 3.8) is 0 Å². The van der Waals surface area contributed by atoms with Crippen LogP contribution in [-0.2, 0) is 0 Å². The summed E-state index contributed by atoms with van der Waals surface area (Å²) in [6.07, 6.45) is 0. The van der Waals surface area contributed by atoms with Crippen molar-refractivity contribution in [1.29, 1.82) is 0 Å². The fraction of sp³-hybridized carbons (Fsp3) is 0. The molecule has 2 nitrogen and oxygen atoms in total. The lowest BCUT2D eigenvalue weighted by Crippen LogP contribution is -1.91. The molecule has 2 heteroatoms. The predicted molar refractivity (Wildman–Crippen MR) is 192 cm³/mol. The summed E-state index contributed by atoms with van der Waals surface area (Å²) in [4.78, 5) is 0. The van der Waals surface area contributed by atoms with Crippen LogP contribution in [0.2, 0.25) is 0 Å². The first-order chi connectivity index (χ1) is 26.1. The van der Waals surface area contributed by atoms with Gasteiger partial charge >= 0.3 is 0 Å². The molecule has 0 unspecified atom stereocenters. The Morgan fingerprint density at radius 2 is 0.826 bits per heavy atom. The van der Waals surface area contributed by atoms with Gasteiger partial charge in [0.1, 0.15) is 22.3 Å². The fourth-order valence-electron chi connectivity index (χ4n) is 6.90. The molecule has 10 aromatic rings. The van der Waals surface area contributed by atoms with Gasteiger partial charge in [-0.15, -0.1) is 0 Å². The molecular weight excluding hydrogens is 560 g/mol. The molecule has 0 aliphatic heterocycles. The lowest BCUT2D eigenvalue weighted by molar-refractivity contribution is 0.663. The molecule has 10 rings (SSSR count). The smallest absolute Gasteiger partial charge is 0.136 e. The zero-order chi connectivity index (χ0) is 37.2. The summed E-state index contributed by atoms with van der Waals surface area (Å²) in [6, 6.07) is 31.3. The van der Waals surface area contributed by atoms with Gasteiger partial charge in [-0.3, -0.25) is 0 Å². The fourth-order valence-corrected chi connectivity index (χ4v) is 6.90. The molecule has 0 spiro atoms. The molecule has 0 bridgehead atoms. The van der Waals surface area contributed by atoms with Crippen LogP contribution < -0.4 is 0 Å². The predicted octanol–water partition coefficient (Wildman–Crippen LogP) is 12.8. The van der Waals surface area contributed by atoms with Gasteiger partial charge in [-0.05, 0) is 85.3 Å². The minimum atomic E-state index is -0.446. The Morgan fingerprint density at radius 1 is 0.348 bits per heavy atom. The highest BCUT2D eigenvalue weighted by Gasteiger charge is 2.20. The lowest BCUT2D eigenvalue weighted by Gasteiger charge is -2.18. The Kier molecular flexibility index (Phi) is 3.92. The van der Waals surface area contributed by atoms with Crippen LogP contribution in [0.3, 0.4) is 0 Å². The Balaban J connectivity index is 1.34. The van der Waals surface area contributed by atoms with Crippen LogP contribution >= 0.6 is 0 Å². The monoisotopic (exact) mass is 594 g/mol. The number of fused-ring (bicyclic) bond motifs is 9. The summed E-state index contributed by atoms with van der Waals surface area (Å²) in [5.41, 5.74) is 6.12. The molecule has 2 aromatic heterocycles. The number of para-hydroxylation sites is 1. The van der Waals surface area contributed by atoms with E-state index < -0.39 is 24.2 Å². The van der Waals surface area contributed by atoms with Gasteiger partial charge in [0.15, 0.2) is 0 Å². The summed E-state index contributed by atoms with van der Waals surface area (Å²) >= 11 is 0. The molecule has 0 aliphatic carbocycles. The van der Waals surface area contributed by atoms with E-state index in [0.717, 1.165) is 38.3 Å². The Bertz CT molecular complexity index is 3160. The van der Waals surface area contributed by atoms with E-state index in [1.54, 1.807) is 6.07 Å². The lowest BCUT2D eigenvalue weighted by atomic mass is 9.85. The molecule has 0 radical (unpaired) electrons. The molecular formula is C44H26O2. The molecule has 0 aliphatic rings. The molecule has 2 heterocycles. The van der Waals surface area contributed by atoms with E-state index in [1.165, 1.54) is 0 Å². The maximum absolute atomic E-state index is 9.30. The van der Waals surface area contributed by atoms with Crippen LogP contribution in [0.15, 0.2) is 166 Å².